The molecule has 0 unspecified atom stereocenters. The number of nitrogens with zero attached hydrogens (tertiary/aromatic N) is 1. The van der Waals surface area contributed by atoms with Crippen LogP contribution in [0.2, 0.25) is 0 Å². The van der Waals surface area contributed by atoms with Crippen molar-refractivity contribution in [2.24, 2.45) is 0 Å². The lowest BCUT2D eigenvalue weighted by Gasteiger charge is -2.05. The van der Waals surface area contributed by atoms with Gasteiger partial charge in [-0.1, -0.05) is 72.0 Å². The molecule has 0 spiro atoms. The molecule has 1 heterocycles. The van der Waals surface area contributed by atoms with Crippen LogP contribution < -0.4 is 10.1 Å². The van der Waals surface area contributed by atoms with E-state index in [1.165, 1.54) is 31.4 Å². The summed E-state index contributed by atoms with van der Waals surface area (Å²) >= 11 is 1.01. The van der Waals surface area contributed by atoms with Gasteiger partial charge in [-0.2, -0.15) is 0 Å². The molecule has 0 aliphatic carbocycles. The van der Waals surface area contributed by atoms with E-state index < -0.39 is 21.5 Å². The molecule has 3 aromatic carbocycles. The summed E-state index contributed by atoms with van der Waals surface area (Å²) in [6, 6.07) is 23.7. The lowest BCUT2D eigenvalue weighted by molar-refractivity contribution is -0.113. The molecule has 1 aromatic heterocycles. The molecule has 0 radical (unpaired) electrons. The Labute approximate surface area is 201 Å². The number of benzene rings is 3. The summed E-state index contributed by atoms with van der Waals surface area (Å²) in [5.74, 6) is -1.23. The fourth-order valence-electron chi connectivity index (χ4n) is 3.23. The number of ether oxygens (including phenoxy) is 1. The van der Waals surface area contributed by atoms with Crippen LogP contribution in [-0.4, -0.2) is 38.0 Å². The summed E-state index contributed by atoms with van der Waals surface area (Å²) in [6.45, 7) is 0. The maximum atomic E-state index is 13.2. The zero-order chi connectivity index (χ0) is 24.1. The molecule has 0 saturated carbocycles. The van der Waals surface area contributed by atoms with E-state index in [-0.39, 0.29) is 15.8 Å². The number of sulfone groups is 1. The van der Waals surface area contributed by atoms with Crippen LogP contribution in [-0.2, 0) is 14.6 Å². The predicted molar refractivity (Wildman–Crippen MR) is 131 cm³/mol. The topological polar surface area (TPSA) is 102 Å². The summed E-state index contributed by atoms with van der Waals surface area (Å²) < 4.78 is 30.3. The van der Waals surface area contributed by atoms with E-state index in [9.17, 15) is 18.0 Å². The molecule has 0 fully saturated rings. The number of nitrogens with one attached hydrogen (secondary N) is 1. The number of aromatic nitrogens is 1. The largest absolute Gasteiger partial charge is 0.497 e. The Morgan fingerprint density at radius 2 is 1.53 bits per heavy atom. The van der Waals surface area contributed by atoms with Crippen LogP contribution in [0.3, 0.4) is 0 Å². The lowest BCUT2D eigenvalue weighted by Crippen LogP contribution is -2.22. The molecule has 34 heavy (non-hydrogen) atoms. The fraction of sp³-hybridized carbons (Fsp3) is 0.0800. The first-order valence-electron chi connectivity index (χ1n) is 10.2. The molecule has 7 nitrogen and oxygen atoms in total. The second-order valence-corrected chi connectivity index (χ2v) is 10.2. The molecule has 0 saturated heterocycles. The molecule has 0 aliphatic rings. The van der Waals surface area contributed by atoms with E-state index in [2.05, 4.69) is 10.3 Å². The van der Waals surface area contributed by atoms with Gasteiger partial charge in [-0.05, 0) is 24.3 Å². The van der Waals surface area contributed by atoms with Gasteiger partial charge in [0.2, 0.25) is 11.7 Å². The Bertz CT molecular complexity index is 1420. The van der Waals surface area contributed by atoms with E-state index in [0.29, 0.717) is 27.4 Å². The van der Waals surface area contributed by atoms with Crippen LogP contribution in [0.25, 0.3) is 11.3 Å². The number of amides is 1. The zero-order valence-corrected chi connectivity index (χ0v) is 19.7. The van der Waals surface area contributed by atoms with Crippen LogP contribution in [0.4, 0.5) is 5.13 Å². The van der Waals surface area contributed by atoms with Gasteiger partial charge in [0, 0.05) is 11.1 Å². The molecule has 4 aromatic rings. The molecule has 1 amide bonds. The molecule has 0 bridgehead atoms. The second-order valence-electron chi connectivity index (χ2n) is 7.24. The van der Waals surface area contributed by atoms with Crippen LogP contribution in [0.1, 0.15) is 15.2 Å². The Kier molecular flexibility index (Phi) is 6.85. The zero-order valence-electron chi connectivity index (χ0n) is 18.1. The van der Waals surface area contributed by atoms with Gasteiger partial charge in [-0.15, -0.1) is 0 Å². The van der Waals surface area contributed by atoms with Crippen LogP contribution in [0.5, 0.6) is 5.75 Å². The third-order valence-corrected chi connectivity index (χ3v) is 7.50. The highest BCUT2D eigenvalue weighted by atomic mass is 32.2. The number of hydrogen-bond acceptors (Lipinski definition) is 7. The third-order valence-electron chi connectivity index (χ3n) is 4.90. The minimum absolute atomic E-state index is 0.00695. The average molecular weight is 493 g/mol. The molecule has 0 atom stereocenters. The van der Waals surface area contributed by atoms with Gasteiger partial charge >= 0.3 is 0 Å². The molecule has 9 heteroatoms. The van der Waals surface area contributed by atoms with E-state index in [4.69, 9.17) is 4.74 Å². The van der Waals surface area contributed by atoms with E-state index in [1.54, 1.807) is 24.3 Å². The lowest BCUT2D eigenvalue weighted by atomic mass is 10.1. The number of carbonyl (C=O) groups is 2. The smallest absolute Gasteiger partial charge is 0.241 e. The SMILES string of the molecule is COc1ccc(S(=O)(=O)CC(=O)Nc2nc(-c3ccccc3)c(C(=O)c3ccccc3)s2)cc1. The van der Waals surface area contributed by atoms with Crippen molar-refractivity contribution in [3.05, 3.63) is 95.4 Å². The van der Waals surface area contributed by atoms with Gasteiger partial charge in [-0.25, -0.2) is 13.4 Å². The standard InChI is InChI=1S/C25H20N2O5S2/c1-32-19-12-14-20(15-13-19)34(30,31)16-21(28)26-25-27-22(17-8-4-2-5-9-17)24(33-25)23(29)18-10-6-3-7-11-18/h2-15H,16H2,1H3,(H,26,27,28). The van der Waals surface area contributed by atoms with Crippen molar-refractivity contribution in [2.75, 3.05) is 18.2 Å². The van der Waals surface area contributed by atoms with Gasteiger partial charge in [-0.3, -0.25) is 9.59 Å². The fourth-order valence-corrected chi connectivity index (χ4v) is 5.33. The maximum absolute atomic E-state index is 13.2. The van der Waals surface area contributed by atoms with Crippen LogP contribution in [0, 0.1) is 0 Å². The van der Waals surface area contributed by atoms with Crippen molar-refractivity contribution < 1.29 is 22.7 Å². The van der Waals surface area contributed by atoms with Crippen molar-refractivity contribution >= 4 is 38.0 Å². The molecule has 0 aliphatic heterocycles. The van der Waals surface area contributed by atoms with Crippen LogP contribution in [0.15, 0.2) is 89.8 Å². The summed E-state index contributed by atoms with van der Waals surface area (Å²) in [5, 5.41) is 2.69. The van der Waals surface area contributed by atoms with Crippen molar-refractivity contribution in [3.63, 3.8) is 0 Å². The summed E-state index contributed by atoms with van der Waals surface area (Å²) in [5.41, 5.74) is 1.63. The van der Waals surface area contributed by atoms with Crippen molar-refractivity contribution in [2.45, 2.75) is 4.90 Å². The highest BCUT2D eigenvalue weighted by Crippen LogP contribution is 2.33. The molecule has 4 rings (SSSR count). The first-order chi connectivity index (χ1) is 16.4. The minimum atomic E-state index is -3.88. The summed E-state index contributed by atoms with van der Waals surface area (Å²) in [4.78, 5) is 30.6. The molecule has 1 N–H and O–H groups in total. The maximum Gasteiger partial charge on any atom is 0.241 e. The Hall–Kier alpha value is -3.82. The number of hydrogen-bond donors (Lipinski definition) is 1. The van der Waals surface area contributed by atoms with E-state index in [0.717, 1.165) is 11.3 Å². The van der Waals surface area contributed by atoms with E-state index >= 15 is 0 Å². The minimum Gasteiger partial charge on any atom is -0.497 e. The number of thiazole rings is 1. The second kappa shape index (κ2) is 9.98. The number of methoxy groups -OCH3 is 1. The van der Waals surface area contributed by atoms with Gasteiger partial charge < -0.3 is 10.1 Å². The summed E-state index contributed by atoms with van der Waals surface area (Å²) in [6.07, 6.45) is 0. The van der Waals surface area contributed by atoms with Gasteiger partial charge in [0.15, 0.2) is 15.0 Å². The number of rotatable bonds is 8. The van der Waals surface area contributed by atoms with Gasteiger partial charge in [0.05, 0.1) is 17.7 Å². The van der Waals surface area contributed by atoms with Crippen molar-refractivity contribution in [1.82, 2.24) is 4.98 Å². The van der Waals surface area contributed by atoms with Gasteiger partial charge in [0.25, 0.3) is 0 Å². The highest BCUT2D eigenvalue weighted by molar-refractivity contribution is 7.92. The third kappa shape index (κ3) is 5.22. The first-order valence-corrected chi connectivity index (χ1v) is 12.7. The number of ketones is 1. The predicted octanol–water partition coefficient (Wildman–Crippen LogP) is 4.46. The van der Waals surface area contributed by atoms with Gasteiger partial charge in [0.1, 0.15) is 16.4 Å². The number of anilines is 1. The van der Waals surface area contributed by atoms with Crippen molar-refractivity contribution in [3.8, 4) is 17.0 Å². The molecule has 172 valence electrons. The Morgan fingerprint density at radius 1 is 0.912 bits per heavy atom. The normalized spacial score (nSPS) is 11.1. The Balaban J connectivity index is 1.60. The Morgan fingerprint density at radius 3 is 2.15 bits per heavy atom. The van der Waals surface area contributed by atoms with E-state index in [1.807, 2.05) is 36.4 Å². The van der Waals surface area contributed by atoms with Crippen LogP contribution >= 0.6 is 11.3 Å². The first kappa shape index (κ1) is 23.3. The quantitative estimate of drug-likeness (QED) is 0.364. The van der Waals surface area contributed by atoms with Crippen molar-refractivity contribution in [1.29, 1.82) is 0 Å². The monoisotopic (exact) mass is 492 g/mol. The highest BCUT2D eigenvalue weighted by Gasteiger charge is 2.24. The molecular formula is C25H20N2O5S2. The summed E-state index contributed by atoms with van der Waals surface area (Å²) in [7, 11) is -2.40. The number of carbonyl (C=O) groups excluding carboxylic acids is 2. The average Bonchev–Trinajstić information content (AvgIpc) is 3.27. The molecular weight excluding hydrogens is 472 g/mol.